The zero-order chi connectivity index (χ0) is 11.8. The van der Waals surface area contributed by atoms with Crippen molar-refractivity contribution in [2.75, 3.05) is 13.7 Å². The van der Waals surface area contributed by atoms with Crippen LogP contribution in [0.15, 0.2) is 36.8 Å². The van der Waals surface area contributed by atoms with Crippen LogP contribution in [-0.2, 0) is 16.1 Å². The van der Waals surface area contributed by atoms with E-state index in [0.29, 0.717) is 0 Å². The van der Waals surface area contributed by atoms with E-state index in [1.54, 1.807) is 18.6 Å². The molecule has 0 fully saturated rings. The number of pyridine rings is 1. The fourth-order valence-electron chi connectivity index (χ4n) is 1.23. The minimum absolute atomic E-state index is 0.340. The average Bonchev–Trinajstić information content (AvgIpc) is 2.35. The first-order chi connectivity index (χ1) is 7.76. The van der Waals surface area contributed by atoms with Crippen molar-refractivity contribution in [1.29, 1.82) is 0 Å². The summed E-state index contributed by atoms with van der Waals surface area (Å²) in [5.74, 6) is -0.340. The largest absolute Gasteiger partial charge is 0.466 e. The maximum Gasteiger partial charge on any atom is 0.331 e. The third-order valence-electron chi connectivity index (χ3n) is 2.16. The lowest BCUT2D eigenvalue weighted by molar-refractivity contribution is -0.134. The summed E-state index contributed by atoms with van der Waals surface area (Å²) < 4.78 is 4.53. The highest BCUT2D eigenvalue weighted by atomic mass is 16.5. The molecule has 0 spiro atoms. The number of esters is 1. The fraction of sp³-hybridized carbons (Fsp3) is 0.333. The van der Waals surface area contributed by atoms with Gasteiger partial charge in [-0.3, -0.25) is 4.98 Å². The lowest BCUT2D eigenvalue weighted by Gasteiger charge is -2.17. The normalized spacial score (nSPS) is 10.4. The molecule has 0 N–H and O–H groups in total. The molecule has 1 aromatic heterocycles. The van der Waals surface area contributed by atoms with E-state index in [4.69, 9.17) is 0 Å². The molecule has 1 aromatic rings. The van der Waals surface area contributed by atoms with E-state index in [1.165, 1.54) is 13.2 Å². The van der Waals surface area contributed by atoms with Gasteiger partial charge in [0, 0.05) is 37.8 Å². The van der Waals surface area contributed by atoms with Gasteiger partial charge in [0.25, 0.3) is 0 Å². The van der Waals surface area contributed by atoms with Gasteiger partial charge < -0.3 is 9.64 Å². The molecule has 0 atom stereocenters. The van der Waals surface area contributed by atoms with Gasteiger partial charge in [0.15, 0.2) is 0 Å². The van der Waals surface area contributed by atoms with Gasteiger partial charge in [-0.2, -0.15) is 0 Å². The lowest BCUT2D eigenvalue weighted by Crippen LogP contribution is -2.16. The van der Waals surface area contributed by atoms with E-state index in [1.807, 2.05) is 24.0 Å². The molecule has 4 nitrogen and oxygen atoms in total. The summed E-state index contributed by atoms with van der Waals surface area (Å²) in [6, 6.07) is 3.91. The molecular formula is C12H16N2O2. The summed E-state index contributed by atoms with van der Waals surface area (Å²) >= 11 is 0. The maximum atomic E-state index is 10.9. The Kier molecular flexibility index (Phi) is 5.05. The van der Waals surface area contributed by atoms with Crippen molar-refractivity contribution < 1.29 is 9.53 Å². The van der Waals surface area contributed by atoms with Crippen LogP contribution >= 0.6 is 0 Å². The SMILES string of the molecule is CCN(C=CC(=O)OC)Cc1ccncc1. The van der Waals surface area contributed by atoms with Gasteiger partial charge >= 0.3 is 5.97 Å². The second-order valence-corrected chi connectivity index (χ2v) is 3.26. The number of carbonyl (C=O) groups excluding carboxylic acids is 1. The van der Waals surface area contributed by atoms with Crippen LogP contribution in [0.2, 0.25) is 0 Å². The molecule has 16 heavy (non-hydrogen) atoms. The van der Waals surface area contributed by atoms with Crippen molar-refractivity contribution >= 4 is 5.97 Å². The van der Waals surface area contributed by atoms with Crippen LogP contribution in [0.1, 0.15) is 12.5 Å². The van der Waals surface area contributed by atoms with Crippen molar-refractivity contribution in [2.24, 2.45) is 0 Å². The maximum absolute atomic E-state index is 10.9. The number of hydrogen-bond acceptors (Lipinski definition) is 4. The topological polar surface area (TPSA) is 42.4 Å². The van der Waals surface area contributed by atoms with Crippen LogP contribution in [0.4, 0.5) is 0 Å². The molecule has 0 aliphatic carbocycles. The van der Waals surface area contributed by atoms with Crippen LogP contribution < -0.4 is 0 Å². The fourth-order valence-corrected chi connectivity index (χ4v) is 1.23. The molecule has 4 heteroatoms. The monoisotopic (exact) mass is 220 g/mol. The summed E-state index contributed by atoms with van der Waals surface area (Å²) in [7, 11) is 1.37. The number of carbonyl (C=O) groups is 1. The van der Waals surface area contributed by atoms with Gasteiger partial charge in [0.1, 0.15) is 0 Å². The summed E-state index contributed by atoms with van der Waals surface area (Å²) in [5, 5.41) is 0. The highest BCUT2D eigenvalue weighted by Crippen LogP contribution is 2.03. The van der Waals surface area contributed by atoms with E-state index in [2.05, 4.69) is 9.72 Å². The van der Waals surface area contributed by atoms with Crippen molar-refractivity contribution in [1.82, 2.24) is 9.88 Å². The first-order valence-electron chi connectivity index (χ1n) is 5.15. The highest BCUT2D eigenvalue weighted by Gasteiger charge is 1.99. The van der Waals surface area contributed by atoms with Gasteiger partial charge in [-0.15, -0.1) is 0 Å². The third-order valence-corrected chi connectivity index (χ3v) is 2.16. The molecule has 0 bridgehead atoms. The molecule has 86 valence electrons. The number of rotatable bonds is 5. The van der Waals surface area contributed by atoms with Crippen LogP contribution in [0.5, 0.6) is 0 Å². The summed E-state index contributed by atoms with van der Waals surface area (Å²) in [6.07, 6.45) is 6.68. The molecule has 0 aliphatic rings. The number of nitrogens with zero attached hydrogens (tertiary/aromatic N) is 2. The van der Waals surface area contributed by atoms with E-state index in [9.17, 15) is 4.79 Å². The Labute approximate surface area is 95.6 Å². The Morgan fingerprint density at radius 2 is 2.19 bits per heavy atom. The lowest BCUT2D eigenvalue weighted by atomic mass is 10.2. The minimum Gasteiger partial charge on any atom is -0.466 e. The second kappa shape index (κ2) is 6.61. The zero-order valence-electron chi connectivity index (χ0n) is 9.59. The Morgan fingerprint density at radius 3 is 2.75 bits per heavy atom. The Hall–Kier alpha value is -1.84. The van der Waals surface area contributed by atoms with Crippen molar-refractivity contribution in [3.63, 3.8) is 0 Å². The molecule has 1 heterocycles. The molecular weight excluding hydrogens is 204 g/mol. The van der Waals surface area contributed by atoms with E-state index < -0.39 is 0 Å². The molecule has 0 saturated carbocycles. The van der Waals surface area contributed by atoms with Gasteiger partial charge in [-0.25, -0.2) is 4.79 Å². The molecule has 0 aliphatic heterocycles. The summed E-state index contributed by atoms with van der Waals surface area (Å²) in [5.41, 5.74) is 1.16. The van der Waals surface area contributed by atoms with Crippen LogP contribution in [0, 0.1) is 0 Å². The summed E-state index contributed by atoms with van der Waals surface area (Å²) in [6.45, 7) is 3.62. The Balaban J connectivity index is 2.56. The van der Waals surface area contributed by atoms with E-state index in [-0.39, 0.29) is 5.97 Å². The molecule has 1 rings (SSSR count). The first-order valence-corrected chi connectivity index (χ1v) is 5.15. The van der Waals surface area contributed by atoms with Gasteiger partial charge in [-0.05, 0) is 24.6 Å². The van der Waals surface area contributed by atoms with Crippen molar-refractivity contribution in [2.45, 2.75) is 13.5 Å². The smallest absolute Gasteiger partial charge is 0.331 e. The highest BCUT2D eigenvalue weighted by molar-refractivity contribution is 5.81. The number of hydrogen-bond donors (Lipinski definition) is 0. The second-order valence-electron chi connectivity index (χ2n) is 3.26. The number of ether oxygens (including phenoxy) is 1. The molecule has 0 radical (unpaired) electrons. The predicted octanol–water partition coefficient (Wildman–Crippen LogP) is 1.59. The van der Waals surface area contributed by atoms with Gasteiger partial charge in [0.2, 0.25) is 0 Å². The van der Waals surface area contributed by atoms with Crippen LogP contribution in [0.25, 0.3) is 0 Å². The molecule has 0 saturated heterocycles. The molecule has 0 aromatic carbocycles. The quantitative estimate of drug-likeness (QED) is 0.558. The van der Waals surface area contributed by atoms with Crippen molar-refractivity contribution in [3.8, 4) is 0 Å². The zero-order valence-corrected chi connectivity index (χ0v) is 9.59. The number of aromatic nitrogens is 1. The predicted molar refractivity (Wildman–Crippen MR) is 61.5 cm³/mol. The average molecular weight is 220 g/mol. The van der Waals surface area contributed by atoms with E-state index >= 15 is 0 Å². The van der Waals surface area contributed by atoms with Gasteiger partial charge in [-0.1, -0.05) is 0 Å². The van der Waals surface area contributed by atoms with Crippen LogP contribution in [0.3, 0.4) is 0 Å². The Morgan fingerprint density at radius 1 is 1.50 bits per heavy atom. The first kappa shape index (κ1) is 12.2. The summed E-state index contributed by atoms with van der Waals surface area (Å²) in [4.78, 5) is 16.9. The third kappa shape index (κ3) is 4.13. The van der Waals surface area contributed by atoms with Crippen LogP contribution in [-0.4, -0.2) is 29.5 Å². The molecule has 0 amide bonds. The number of methoxy groups -OCH3 is 1. The minimum atomic E-state index is -0.340. The Bertz CT molecular complexity index is 349. The molecule has 0 unspecified atom stereocenters. The standard InChI is InChI=1S/C12H16N2O2/c1-3-14(9-6-12(15)16-2)10-11-4-7-13-8-5-11/h4-9H,3,10H2,1-2H3. The van der Waals surface area contributed by atoms with Crippen molar-refractivity contribution in [3.05, 3.63) is 42.4 Å². The van der Waals surface area contributed by atoms with E-state index in [0.717, 1.165) is 18.7 Å². The van der Waals surface area contributed by atoms with Gasteiger partial charge in [0.05, 0.1) is 7.11 Å².